The van der Waals surface area contributed by atoms with Crippen molar-refractivity contribution in [2.45, 2.75) is 19.0 Å². The minimum atomic E-state index is -0.321. The number of benzene rings is 1. The molecular weight excluding hydrogens is 320 g/mol. The number of hydrogen-bond acceptors (Lipinski definition) is 4. The summed E-state index contributed by atoms with van der Waals surface area (Å²) < 4.78 is 5.15. The van der Waals surface area contributed by atoms with Crippen LogP contribution in [-0.2, 0) is 11.3 Å². The van der Waals surface area contributed by atoms with Crippen molar-refractivity contribution in [2.75, 3.05) is 18.6 Å². The van der Waals surface area contributed by atoms with Crippen molar-refractivity contribution >= 4 is 17.6 Å². The van der Waals surface area contributed by atoms with Crippen LogP contribution in [0.15, 0.2) is 48.7 Å². The maximum Gasteiger partial charge on any atom is 0.315 e. The summed E-state index contributed by atoms with van der Waals surface area (Å²) in [4.78, 5) is 30.0. The second kappa shape index (κ2) is 7.65. The van der Waals surface area contributed by atoms with Gasteiger partial charge in [-0.3, -0.25) is 4.79 Å². The van der Waals surface area contributed by atoms with E-state index in [4.69, 9.17) is 4.74 Å². The number of hydrogen-bond donors (Lipinski definition) is 2. The average molecular weight is 340 g/mol. The Bertz CT molecular complexity index is 751. The Balaban J connectivity index is 1.53. The summed E-state index contributed by atoms with van der Waals surface area (Å²) in [5, 5.41) is 5.61. The van der Waals surface area contributed by atoms with E-state index in [9.17, 15) is 9.59 Å². The normalized spacial score (nSPS) is 16.6. The van der Waals surface area contributed by atoms with Gasteiger partial charge in [0.2, 0.25) is 11.8 Å². The van der Waals surface area contributed by atoms with Crippen LogP contribution >= 0.6 is 0 Å². The summed E-state index contributed by atoms with van der Waals surface area (Å²) in [6.07, 6.45) is 1.92. The van der Waals surface area contributed by atoms with Crippen molar-refractivity contribution in [1.82, 2.24) is 15.6 Å². The number of para-hydroxylation sites is 1. The smallest absolute Gasteiger partial charge is 0.315 e. The molecule has 1 atom stereocenters. The van der Waals surface area contributed by atoms with Gasteiger partial charge in [-0.1, -0.05) is 24.3 Å². The molecule has 3 rings (SSSR count). The Morgan fingerprint density at radius 3 is 2.84 bits per heavy atom. The zero-order chi connectivity index (χ0) is 17.6. The molecule has 1 saturated heterocycles. The second-order valence-corrected chi connectivity index (χ2v) is 5.74. The fourth-order valence-corrected chi connectivity index (χ4v) is 2.82. The first kappa shape index (κ1) is 16.8. The zero-order valence-corrected chi connectivity index (χ0v) is 13.9. The Hall–Kier alpha value is -3.09. The number of pyridine rings is 1. The quantitative estimate of drug-likeness (QED) is 0.868. The van der Waals surface area contributed by atoms with Crippen molar-refractivity contribution < 1.29 is 14.3 Å². The van der Waals surface area contributed by atoms with Crippen molar-refractivity contribution in [1.29, 1.82) is 0 Å². The van der Waals surface area contributed by atoms with Gasteiger partial charge in [0.05, 0.1) is 13.2 Å². The van der Waals surface area contributed by atoms with Crippen LogP contribution in [0.3, 0.4) is 0 Å². The number of carbonyl (C=O) groups is 2. The van der Waals surface area contributed by atoms with Gasteiger partial charge in [-0.2, -0.15) is 0 Å². The lowest BCUT2D eigenvalue weighted by Crippen LogP contribution is -2.43. The van der Waals surface area contributed by atoms with E-state index in [1.165, 1.54) is 7.11 Å². The third-order valence-electron chi connectivity index (χ3n) is 4.01. The molecule has 0 spiro atoms. The topological polar surface area (TPSA) is 83.6 Å². The van der Waals surface area contributed by atoms with Gasteiger partial charge < -0.3 is 20.3 Å². The number of aromatic nitrogens is 1. The van der Waals surface area contributed by atoms with Crippen LogP contribution in [0, 0.1) is 0 Å². The third-order valence-corrected chi connectivity index (χ3v) is 4.01. The number of nitrogens with one attached hydrogen (secondary N) is 2. The highest BCUT2D eigenvalue weighted by molar-refractivity contribution is 5.96. The van der Waals surface area contributed by atoms with Crippen LogP contribution in [0.25, 0.3) is 0 Å². The minimum absolute atomic E-state index is 0.00503. The maximum atomic E-state index is 12.2. The van der Waals surface area contributed by atoms with Gasteiger partial charge in [0.1, 0.15) is 0 Å². The molecule has 130 valence electrons. The van der Waals surface area contributed by atoms with E-state index in [2.05, 4.69) is 15.6 Å². The van der Waals surface area contributed by atoms with Gasteiger partial charge in [0.15, 0.2) is 0 Å². The molecule has 0 bridgehead atoms. The fraction of sp³-hybridized carbons (Fsp3) is 0.278. The number of ether oxygens (including phenoxy) is 1. The molecule has 0 aliphatic carbocycles. The molecule has 1 unspecified atom stereocenters. The van der Waals surface area contributed by atoms with E-state index in [1.54, 1.807) is 17.2 Å². The number of amides is 3. The summed E-state index contributed by atoms with van der Waals surface area (Å²) in [5.41, 5.74) is 1.63. The van der Waals surface area contributed by atoms with Crippen LogP contribution in [0.5, 0.6) is 5.88 Å². The fourth-order valence-electron chi connectivity index (χ4n) is 2.82. The predicted molar refractivity (Wildman–Crippen MR) is 93.4 cm³/mol. The number of nitrogens with zero attached hydrogens (tertiary/aromatic N) is 2. The molecule has 1 aromatic heterocycles. The van der Waals surface area contributed by atoms with Crippen molar-refractivity contribution in [3.63, 3.8) is 0 Å². The summed E-state index contributed by atoms with van der Waals surface area (Å²) in [7, 11) is 1.54. The molecule has 1 aliphatic heterocycles. The summed E-state index contributed by atoms with van der Waals surface area (Å²) in [6.45, 7) is 0.762. The van der Waals surface area contributed by atoms with Crippen molar-refractivity contribution in [3.8, 4) is 5.88 Å². The lowest BCUT2D eigenvalue weighted by atomic mass is 10.2. The van der Waals surface area contributed by atoms with Crippen LogP contribution in [0.2, 0.25) is 0 Å². The van der Waals surface area contributed by atoms with Gasteiger partial charge in [-0.25, -0.2) is 9.78 Å². The van der Waals surface area contributed by atoms with Gasteiger partial charge in [-0.05, 0) is 18.2 Å². The van der Waals surface area contributed by atoms with Gasteiger partial charge >= 0.3 is 6.03 Å². The molecule has 1 aromatic carbocycles. The molecule has 7 heteroatoms. The first-order valence-corrected chi connectivity index (χ1v) is 8.05. The van der Waals surface area contributed by atoms with E-state index < -0.39 is 0 Å². The standard InChI is InChI=1S/C18H20N4O3/c1-25-17-13(6-5-9-19-17)11-20-18(24)21-14-10-16(23)22(12-14)15-7-3-2-4-8-15/h2-9,14H,10-12H2,1H3,(H2,20,21,24). The first-order chi connectivity index (χ1) is 12.2. The van der Waals surface area contributed by atoms with Crippen LogP contribution in [0.4, 0.5) is 10.5 Å². The summed E-state index contributed by atoms with van der Waals surface area (Å²) >= 11 is 0. The van der Waals surface area contributed by atoms with Crippen LogP contribution in [0.1, 0.15) is 12.0 Å². The van der Waals surface area contributed by atoms with Crippen LogP contribution in [-0.4, -0.2) is 36.6 Å². The Morgan fingerprint density at radius 2 is 2.08 bits per heavy atom. The van der Waals surface area contributed by atoms with Crippen molar-refractivity contribution in [3.05, 3.63) is 54.2 Å². The molecule has 2 aromatic rings. The number of methoxy groups -OCH3 is 1. The number of carbonyl (C=O) groups excluding carboxylic acids is 2. The molecule has 7 nitrogen and oxygen atoms in total. The van der Waals surface area contributed by atoms with Gasteiger partial charge in [0.25, 0.3) is 0 Å². The van der Waals surface area contributed by atoms with E-state index in [0.29, 0.717) is 25.4 Å². The molecule has 1 aliphatic rings. The lowest BCUT2D eigenvalue weighted by Gasteiger charge is -2.17. The highest BCUT2D eigenvalue weighted by Crippen LogP contribution is 2.21. The number of rotatable bonds is 5. The molecule has 2 N–H and O–H groups in total. The summed E-state index contributed by atoms with van der Waals surface area (Å²) in [5.74, 6) is 0.486. The van der Waals surface area contributed by atoms with E-state index >= 15 is 0 Å². The first-order valence-electron chi connectivity index (χ1n) is 8.05. The molecule has 0 radical (unpaired) electrons. The van der Waals surface area contributed by atoms with E-state index in [-0.39, 0.29) is 18.0 Å². The maximum absolute atomic E-state index is 12.2. The highest BCUT2D eigenvalue weighted by atomic mass is 16.5. The number of urea groups is 1. The highest BCUT2D eigenvalue weighted by Gasteiger charge is 2.31. The Kier molecular flexibility index (Phi) is 5.13. The Morgan fingerprint density at radius 1 is 1.28 bits per heavy atom. The minimum Gasteiger partial charge on any atom is -0.481 e. The van der Waals surface area contributed by atoms with E-state index in [1.807, 2.05) is 36.4 Å². The molecular formula is C18H20N4O3. The van der Waals surface area contributed by atoms with Crippen molar-refractivity contribution in [2.24, 2.45) is 0 Å². The molecule has 2 heterocycles. The second-order valence-electron chi connectivity index (χ2n) is 5.74. The molecule has 1 fully saturated rings. The van der Waals surface area contributed by atoms with E-state index in [0.717, 1.165) is 11.3 Å². The zero-order valence-electron chi connectivity index (χ0n) is 13.9. The summed E-state index contributed by atoms with van der Waals surface area (Å²) in [6, 6.07) is 12.5. The average Bonchev–Trinajstić information content (AvgIpc) is 3.01. The molecule has 25 heavy (non-hydrogen) atoms. The SMILES string of the molecule is COc1ncccc1CNC(=O)NC1CC(=O)N(c2ccccc2)C1. The largest absolute Gasteiger partial charge is 0.481 e. The predicted octanol–water partition coefficient (Wildman–Crippen LogP) is 1.69. The van der Waals surface area contributed by atoms with Gasteiger partial charge in [0, 0.05) is 37.0 Å². The van der Waals surface area contributed by atoms with Gasteiger partial charge in [-0.15, -0.1) is 0 Å². The molecule has 0 saturated carbocycles. The third kappa shape index (κ3) is 4.06. The molecule has 3 amide bonds. The van der Waals surface area contributed by atoms with Crippen LogP contribution < -0.4 is 20.3 Å². The monoisotopic (exact) mass is 340 g/mol. The number of anilines is 1. The Labute approximate surface area is 146 Å². The lowest BCUT2D eigenvalue weighted by molar-refractivity contribution is -0.117.